The molecular weight excluding hydrogens is 197 g/mol. The quantitative estimate of drug-likeness (QED) is 0.829. The molecule has 16 heavy (non-hydrogen) atoms. The van der Waals surface area contributed by atoms with E-state index in [0.29, 0.717) is 12.1 Å². The molecule has 0 atom stereocenters. The molecule has 80 valence electrons. The number of carbonyl (C=O) groups excluding carboxylic acids is 1. The molecule has 0 heterocycles. The highest BCUT2D eigenvalue weighted by atomic mass is 16.1. The van der Waals surface area contributed by atoms with Crippen LogP contribution >= 0.6 is 0 Å². The Kier molecular flexibility index (Phi) is 3.34. The Hall–Kier alpha value is -2.09. The number of amides is 1. The summed E-state index contributed by atoms with van der Waals surface area (Å²) in [6, 6.07) is 19.1. The largest absolute Gasteiger partial charge is 0.348 e. The van der Waals surface area contributed by atoms with E-state index in [1.54, 1.807) is 12.1 Å². The van der Waals surface area contributed by atoms with Crippen LogP contribution in [0.5, 0.6) is 0 Å². The fourth-order valence-electron chi connectivity index (χ4n) is 1.47. The van der Waals surface area contributed by atoms with E-state index < -0.39 is 0 Å². The van der Waals surface area contributed by atoms with Crippen molar-refractivity contribution in [2.75, 3.05) is 0 Å². The first-order valence-electron chi connectivity index (χ1n) is 5.23. The highest BCUT2D eigenvalue weighted by Crippen LogP contribution is 2.01. The predicted octanol–water partition coefficient (Wildman–Crippen LogP) is 2.62. The van der Waals surface area contributed by atoms with Gasteiger partial charge in [-0.25, -0.2) is 0 Å². The summed E-state index contributed by atoms with van der Waals surface area (Å²) in [6.45, 7) is 0.564. The average Bonchev–Trinajstić information content (AvgIpc) is 2.38. The molecule has 0 unspecified atom stereocenters. The van der Waals surface area contributed by atoms with Crippen LogP contribution in [0, 0.1) is 0 Å². The minimum atomic E-state index is -0.0375. The van der Waals surface area contributed by atoms with Crippen LogP contribution in [0.25, 0.3) is 0 Å². The molecule has 1 amide bonds. The molecule has 2 aromatic rings. The van der Waals surface area contributed by atoms with Gasteiger partial charge in [0.1, 0.15) is 0 Å². The SMILES string of the molecule is O=C(NCc1ccccc1)[11c]1ccccc1. The van der Waals surface area contributed by atoms with Gasteiger partial charge in [0.05, 0.1) is 0 Å². The number of carbonyl (C=O) groups is 1. The number of nitrogens with one attached hydrogen (secondary N) is 1. The van der Waals surface area contributed by atoms with Crippen LogP contribution in [0.2, 0.25) is 0 Å². The van der Waals surface area contributed by atoms with Crippen molar-refractivity contribution in [3.63, 3.8) is 0 Å². The third-order valence-electron chi connectivity index (χ3n) is 2.33. The number of benzene rings is 2. The third kappa shape index (κ3) is 2.70. The van der Waals surface area contributed by atoms with E-state index in [-0.39, 0.29) is 5.91 Å². The molecule has 0 radical (unpaired) electrons. The molecule has 2 nitrogen and oxygen atoms in total. The lowest BCUT2D eigenvalue weighted by Crippen LogP contribution is -2.22. The Balaban J connectivity index is 1.95. The van der Waals surface area contributed by atoms with Crippen molar-refractivity contribution in [2.45, 2.75) is 6.54 Å². The summed E-state index contributed by atoms with van der Waals surface area (Å²) in [6.07, 6.45) is 0. The minimum Gasteiger partial charge on any atom is -0.348 e. The van der Waals surface area contributed by atoms with Gasteiger partial charge >= 0.3 is 0 Å². The Bertz CT molecular complexity index is 451. The van der Waals surface area contributed by atoms with Gasteiger partial charge in [-0.2, -0.15) is 0 Å². The van der Waals surface area contributed by atoms with Crippen LogP contribution < -0.4 is 5.32 Å². The van der Waals surface area contributed by atoms with Gasteiger partial charge < -0.3 is 5.32 Å². The molecule has 0 fully saturated rings. The molecule has 0 spiro atoms. The number of hydrogen-bond acceptors (Lipinski definition) is 1. The van der Waals surface area contributed by atoms with Crippen LogP contribution in [0.1, 0.15) is 15.9 Å². The van der Waals surface area contributed by atoms with E-state index in [1.165, 1.54) is 0 Å². The van der Waals surface area contributed by atoms with Gasteiger partial charge in [-0.3, -0.25) is 4.79 Å². The molecule has 0 aliphatic carbocycles. The molecule has 0 bridgehead atoms. The summed E-state index contributed by atoms with van der Waals surface area (Å²) in [5, 5.41) is 2.88. The first kappa shape index (κ1) is 10.4. The fraction of sp³-hybridized carbons (Fsp3) is 0.0714. The summed E-state index contributed by atoms with van der Waals surface area (Å²) in [4.78, 5) is 11.7. The van der Waals surface area contributed by atoms with Crippen molar-refractivity contribution >= 4 is 5.91 Å². The summed E-state index contributed by atoms with van der Waals surface area (Å²) in [5.74, 6) is -0.0375. The maximum Gasteiger partial charge on any atom is 0.251 e. The lowest BCUT2D eigenvalue weighted by atomic mass is 9.76. The van der Waals surface area contributed by atoms with Gasteiger partial charge in [-0.15, -0.1) is 0 Å². The molecule has 1 N–H and O–H groups in total. The fourth-order valence-corrected chi connectivity index (χ4v) is 1.47. The van der Waals surface area contributed by atoms with Crippen molar-refractivity contribution in [3.8, 4) is 0 Å². The molecule has 0 saturated carbocycles. The van der Waals surface area contributed by atoms with E-state index in [4.69, 9.17) is 0 Å². The summed E-state index contributed by atoms with van der Waals surface area (Å²) in [7, 11) is 0. The zero-order valence-corrected chi connectivity index (χ0v) is 8.89. The van der Waals surface area contributed by atoms with Crippen LogP contribution in [-0.4, -0.2) is 5.91 Å². The highest BCUT2D eigenvalue weighted by Gasteiger charge is 2.02. The Morgan fingerprint density at radius 1 is 0.875 bits per heavy atom. The minimum absolute atomic E-state index is 0.0375. The molecule has 0 aliphatic heterocycles. The van der Waals surface area contributed by atoms with E-state index in [1.807, 2.05) is 48.5 Å². The van der Waals surface area contributed by atoms with Crippen LogP contribution in [0.3, 0.4) is 0 Å². The van der Waals surface area contributed by atoms with Gasteiger partial charge in [0, 0.05) is 12.1 Å². The first-order valence-corrected chi connectivity index (χ1v) is 5.23. The van der Waals surface area contributed by atoms with Crippen molar-refractivity contribution in [1.82, 2.24) is 5.32 Å². The van der Waals surface area contributed by atoms with Crippen molar-refractivity contribution in [2.24, 2.45) is 0 Å². The predicted molar refractivity (Wildman–Crippen MR) is 64.1 cm³/mol. The summed E-state index contributed by atoms with van der Waals surface area (Å²) >= 11 is 0. The topological polar surface area (TPSA) is 29.1 Å². The Morgan fingerprint density at radius 3 is 2.06 bits per heavy atom. The average molecular weight is 210 g/mol. The van der Waals surface area contributed by atoms with E-state index in [9.17, 15) is 4.79 Å². The van der Waals surface area contributed by atoms with E-state index in [2.05, 4.69) is 5.32 Å². The molecule has 0 saturated heterocycles. The second-order valence-electron chi connectivity index (χ2n) is 3.53. The first-order chi connectivity index (χ1) is 7.86. The van der Waals surface area contributed by atoms with E-state index >= 15 is 0 Å². The Labute approximate surface area is 94.9 Å². The third-order valence-corrected chi connectivity index (χ3v) is 2.33. The molecule has 0 aromatic heterocycles. The summed E-state index contributed by atoms with van der Waals surface area (Å²) < 4.78 is 0. The van der Waals surface area contributed by atoms with Crippen molar-refractivity contribution < 1.29 is 4.79 Å². The smallest absolute Gasteiger partial charge is 0.251 e. The lowest BCUT2D eigenvalue weighted by Gasteiger charge is -2.04. The molecule has 2 aromatic carbocycles. The second kappa shape index (κ2) is 5.12. The van der Waals surface area contributed by atoms with E-state index in [0.717, 1.165) is 5.56 Å². The zero-order chi connectivity index (χ0) is 11.2. The van der Waals surface area contributed by atoms with Crippen molar-refractivity contribution in [1.29, 1.82) is 0 Å². The van der Waals surface area contributed by atoms with Crippen LogP contribution in [-0.2, 0) is 6.54 Å². The van der Waals surface area contributed by atoms with Crippen LogP contribution in [0.15, 0.2) is 60.7 Å². The second-order valence-corrected chi connectivity index (χ2v) is 3.53. The monoisotopic (exact) mass is 210 g/mol. The van der Waals surface area contributed by atoms with Gasteiger partial charge in [0.15, 0.2) is 0 Å². The zero-order valence-electron chi connectivity index (χ0n) is 8.89. The highest BCUT2D eigenvalue weighted by molar-refractivity contribution is 5.94. The van der Waals surface area contributed by atoms with Gasteiger partial charge in [0.25, 0.3) is 5.91 Å². The van der Waals surface area contributed by atoms with Crippen LogP contribution in [0.4, 0.5) is 0 Å². The maximum absolute atomic E-state index is 11.7. The van der Waals surface area contributed by atoms with Gasteiger partial charge in [0.2, 0.25) is 0 Å². The van der Waals surface area contributed by atoms with Gasteiger partial charge in [-0.05, 0) is 17.7 Å². The Morgan fingerprint density at radius 2 is 1.44 bits per heavy atom. The molecular formula is C14H13NO. The maximum atomic E-state index is 11.7. The van der Waals surface area contributed by atoms with Gasteiger partial charge in [-0.1, -0.05) is 48.5 Å². The molecule has 2 rings (SSSR count). The van der Waals surface area contributed by atoms with Crippen molar-refractivity contribution in [3.05, 3.63) is 71.8 Å². The summed E-state index contributed by atoms with van der Waals surface area (Å²) in [5.41, 5.74) is 1.80. The molecule has 2 heteroatoms. The normalized spacial score (nSPS) is 9.75. The number of rotatable bonds is 3. The lowest BCUT2D eigenvalue weighted by molar-refractivity contribution is 0.0951. The number of hydrogen-bond donors (Lipinski definition) is 1. The molecule has 0 aliphatic rings. The standard InChI is InChI=1S/C14H13NO/c16-14(13-9-5-2-6-10-13)15-11-12-7-3-1-4-8-12/h1-10H,11H2,(H,15,16)/i13-1.